The summed E-state index contributed by atoms with van der Waals surface area (Å²) in [4.78, 5) is 41.1. The summed E-state index contributed by atoms with van der Waals surface area (Å²) in [5.41, 5.74) is 13.5. The first kappa shape index (κ1) is 30.2. The number of aromatic nitrogens is 1. The maximum absolute atomic E-state index is 14.9. The van der Waals surface area contributed by atoms with Gasteiger partial charge in [0.05, 0.1) is 24.1 Å². The maximum atomic E-state index is 14.9. The van der Waals surface area contributed by atoms with Crippen molar-refractivity contribution in [1.29, 1.82) is 0 Å². The highest BCUT2D eigenvalue weighted by Crippen LogP contribution is 2.48. The van der Waals surface area contributed by atoms with Crippen LogP contribution in [0.1, 0.15) is 82.1 Å². The topological polar surface area (TPSA) is 127 Å². The number of carbonyl (C=O) groups excluding carboxylic acids is 3. The first-order chi connectivity index (χ1) is 20.5. The standard InChI is InChI=1S/C33H45FN4O5/c1-33(2)37-27-13-10-23(16-22(27)17-28(37)32(41)43-33)38(31(40)21-6-4-20(5-7-21)26(35)18-34)15-14-25(29(38)30(36)39)19-8-11-24(42-3)12-9-19/h10,13,16-17,19-21,24-26,29H,4-9,11-12,14-15,18,35H2,1-3H3,(H-,36,39)/p+1/t19?,20?,21?,24?,25-,26+,29-,38+/m0/s1. The average molecular weight is 598 g/mol. The fraction of sp³-hybridized carbons (Fsp3) is 0.667. The van der Waals surface area contributed by atoms with E-state index in [1.54, 1.807) is 7.11 Å². The van der Waals surface area contributed by atoms with Gasteiger partial charge in [-0.25, -0.2) is 18.5 Å². The molecule has 2 aliphatic carbocycles. The Balaban J connectivity index is 1.41. The van der Waals surface area contributed by atoms with E-state index in [0.717, 1.165) is 48.7 Å². The molecule has 0 radical (unpaired) electrons. The number of nitrogens with two attached hydrogens (primary N) is 2. The Morgan fingerprint density at radius 2 is 1.79 bits per heavy atom. The number of hydrogen-bond donors (Lipinski definition) is 2. The van der Waals surface area contributed by atoms with Crippen molar-refractivity contribution in [2.24, 2.45) is 35.1 Å². The Hall–Kier alpha value is -2.82. The minimum atomic E-state index is -0.827. The molecule has 10 heteroatoms. The lowest BCUT2D eigenvalue weighted by Crippen LogP contribution is -2.65. The summed E-state index contributed by atoms with van der Waals surface area (Å²) >= 11 is 0. The third-order valence-corrected chi connectivity index (χ3v) is 11.3. The van der Waals surface area contributed by atoms with Gasteiger partial charge < -0.3 is 20.9 Å². The van der Waals surface area contributed by atoms with E-state index in [-0.39, 0.29) is 46.1 Å². The monoisotopic (exact) mass is 597 g/mol. The molecular formula is C33H46FN4O5+. The Kier molecular flexibility index (Phi) is 7.92. The maximum Gasteiger partial charge on any atom is 0.357 e. The number of carbonyl (C=O) groups is 3. The summed E-state index contributed by atoms with van der Waals surface area (Å²) in [6.45, 7) is 3.64. The molecule has 2 saturated carbocycles. The number of primary amides is 1. The molecule has 43 heavy (non-hydrogen) atoms. The van der Waals surface area contributed by atoms with Crippen LogP contribution in [-0.4, -0.2) is 60.9 Å². The Labute approximate surface area is 252 Å². The number of methoxy groups -OCH3 is 1. The minimum absolute atomic E-state index is 0.0146. The largest absolute Gasteiger partial charge is 0.434 e. The predicted octanol–water partition coefficient (Wildman–Crippen LogP) is 4.52. The Morgan fingerprint density at radius 1 is 1.09 bits per heavy atom. The highest BCUT2D eigenvalue weighted by Gasteiger charge is 2.61. The third-order valence-electron chi connectivity index (χ3n) is 11.3. The zero-order valence-electron chi connectivity index (χ0n) is 25.6. The summed E-state index contributed by atoms with van der Waals surface area (Å²) in [6.07, 6.45) is 7.33. The van der Waals surface area contributed by atoms with Gasteiger partial charge in [-0.1, -0.05) is 0 Å². The van der Waals surface area contributed by atoms with E-state index in [2.05, 4.69) is 0 Å². The number of alkyl halides is 1. The second kappa shape index (κ2) is 11.3. The molecule has 4 atom stereocenters. The number of nitrogens with zero attached hydrogens (tertiary/aromatic N) is 2. The van der Waals surface area contributed by atoms with E-state index >= 15 is 0 Å². The van der Waals surface area contributed by atoms with E-state index < -0.39 is 30.4 Å². The van der Waals surface area contributed by atoms with E-state index in [1.807, 2.05) is 42.7 Å². The fourth-order valence-corrected chi connectivity index (χ4v) is 9.07. The molecule has 4 aliphatic rings. The molecule has 0 bridgehead atoms. The van der Waals surface area contributed by atoms with Crippen molar-refractivity contribution in [3.8, 4) is 0 Å². The van der Waals surface area contributed by atoms with Crippen molar-refractivity contribution in [2.75, 3.05) is 20.3 Å². The quantitative estimate of drug-likeness (QED) is 0.357. The number of cyclic esters (lactones) is 1. The van der Waals surface area contributed by atoms with Gasteiger partial charge in [0.25, 0.3) is 5.91 Å². The molecule has 3 fully saturated rings. The molecule has 6 rings (SSSR count). The van der Waals surface area contributed by atoms with Crippen LogP contribution < -0.4 is 16.0 Å². The molecule has 1 aromatic heterocycles. The van der Waals surface area contributed by atoms with E-state index in [0.29, 0.717) is 37.9 Å². The summed E-state index contributed by atoms with van der Waals surface area (Å²) < 4.78 is 26.3. The number of likely N-dealkylation sites (tertiary alicyclic amines) is 1. The zero-order valence-corrected chi connectivity index (χ0v) is 25.6. The first-order valence-corrected chi connectivity index (χ1v) is 16.0. The molecule has 1 aromatic carbocycles. The summed E-state index contributed by atoms with van der Waals surface area (Å²) in [5.74, 6) is -0.742. The molecule has 0 unspecified atom stereocenters. The molecule has 4 N–H and O–H groups in total. The molecule has 9 nitrogen and oxygen atoms in total. The minimum Gasteiger partial charge on any atom is -0.434 e. The number of rotatable bonds is 7. The highest BCUT2D eigenvalue weighted by molar-refractivity contribution is 6.02. The molecule has 0 spiro atoms. The fourth-order valence-electron chi connectivity index (χ4n) is 9.07. The highest BCUT2D eigenvalue weighted by atomic mass is 19.1. The van der Waals surface area contributed by atoms with Gasteiger partial charge in [-0.15, -0.1) is 0 Å². The summed E-state index contributed by atoms with van der Waals surface area (Å²) in [6, 6.07) is 6.49. The first-order valence-electron chi connectivity index (χ1n) is 16.0. The molecule has 2 aliphatic heterocycles. The van der Waals surface area contributed by atoms with Gasteiger partial charge in [0.1, 0.15) is 18.1 Å². The number of esters is 1. The lowest BCUT2D eigenvalue weighted by Gasteiger charge is -2.42. The number of fused-ring (bicyclic) bond motifs is 3. The number of benzene rings is 1. The normalized spacial score (nSPS) is 34.6. The number of halogens is 1. The summed E-state index contributed by atoms with van der Waals surface area (Å²) in [7, 11) is 1.75. The SMILES string of the molecule is COC1CCC([C@@H]2CC[N@@+](C(=O)C3CCC([C@H](N)CF)CC3)(c3ccc4c(c3)cc3n4C(C)(C)OC3=O)[C@@H]2C(N)=O)CC1. The van der Waals surface area contributed by atoms with Crippen LogP contribution >= 0.6 is 0 Å². The summed E-state index contributed by atoms with van der Waals surface area (Å²) in [5, 5.41) is 0.826. The third kappa shape index (κ3) is 4.90. The van der Waals surface area contributed by atoms with Crippen LogP contribution in [0.4, 0.5) is 10.1 Å². The Bertz CT molecular complexity index is 1410. The van der Waals surface area contributed by atoms with Crippen LogP contribution in [0.5, 0.6) is 0 Å². The van der Waals surface area contributed by atoms with Gasteiger partial charge in [-0.05, 0) is 89.2 Å². The Morgan fingerprint density at radius 3 is 2.42 bits per heavy atom. The van der Waals surface area contributed by atoms with Crippen LogP contribution in [0.2, 0.25) is 0 Å². The number of quaternary nitrogens is 1. The molecule has 234 valence electrons. The smallest absolute Gasteiger partial charge is 0.357 e. The van der Waals surface area contributed by atoms with Gasteiger partial charge >= 0.3 is 11.9 Å². The van der Waals surface area contributed by atoms with Crippen LogP contribution in [-0.2, 0) is 24.8 Å². The van der Waals surface area contributed by atoms with Crippen molar-refractivity contribution in [2.45, 2.75) is 95.5 Å². The van der Waals surface area contributed by atoms with Crippen LogP contribution in [0.3, 0.4) is 0 Å². The van der Waals surface area contributed by atoms with Crippen molar-refractivity contribution in [3.05, 3.63) is 30.0 Å². The van der Waals surface area contributed by atoms with Crippen LogP contribution in [0.25, 0.3) is 10.9 Å². The van der Waals surface area contributed by atoms with Crippen molar-refractivity contribution in [3.63, 3.8) is 0 Å². The molecular weight excluding hydrogens is 551 g/mol. The predicted molar refractivity (Wildman–Crippen MR) is 162 cm³/mol. The zero-order chi connectivity index (χ0) is 30.7. The lowest BCUT2D eigenvalue weighted by atomic mass is 9.75. The van der Waals surface area contributed by atoms with Crippen molar-refractivity contribution >= 4 is 34.4 Å². The van der Waals surface area contributed by atoms with Crippen LogP contribution in [0.15, 0.2) is 24.3 Å². The number of ether oxygens (including phenoxy) is 2. The van der Waals surface area contributed by atoms with E-state index in [1.165, 1.54) is 0 Å². The molecule has 2 amide bonds. The average Bonchev–Trinajstić information content (AvgIpc) is 3.66. The van der Waals surface area contributed by atoms with Gasteiger partial charge in [-0.3, -0.25) is 9.36 Å². The number of hydrogen-bond acceptors (Lipinski definition) is 6. The lowest BCUT2D eigenvalue weighted by molar-refractivity contribution is -0.142. The molecule has 2 aromatic rings. The molecule has 3 heterocycles. The van der Waals surface area contributed by atoms with E-state index in [9.17, 15) is 18.8 Å². The van der Waals surface area contributed by atoms with Gasteiger partial charge in [0.2, 0.25) is 0 Å². The van der Waals surface area contributed by atoms with Crippen molar-refractivity contribution < 1.29 is 28.2 Å². The second-order valence-electron chi connectivity index (χ2n) is 13.9. The van der Waals surface area contributed by atoms with Gasteiger partial charge in [-0.2, -0.15) is 0 Å². The van der Waals surface area contributed by atoms with Crippen molar-refractivity contribution in [1.82, 2.24) is 9.05 Å². The van der Waals surface area contributed by atoms with Crippen LogP contribution in [0, 0.1) is 23.7 Å². The van der Waals surface area contributed by atoms with E-state index in [4.69, 9.17) is 20.9 Å². The molecule has 1 saturated heterocycles. The van der Waals surface area contributed by atoms with Gasteiger partial charge in [0, 0.05) is 43.0 Å². The van der Waals surface area contributed by atoms with Gasteiger partial charge in [0.15, 0.2) is 11.8 Å². The second-order valence-corrected chi connectivity index (χ2v) is 13.9. The number of amides is 2.